The number of aliphatic hydroxyl groups is 3. The molecule has 0 unspecified atom stereocenters. The largest absolute Gasteiger partial charge is 0.510 e. The summed E-state index contributed by atoms with van der Waals surface area (Å²) in [4.78, 5) is 42.0. The van der Waals surface area contributed by atoms with Gasteiger partial charge in [-0.05, 0) is 57.0 Å². The third-order valence-corrected chi connectivity index (χ3v) is 7.71. The number of amides is 1. The predicted octanol–water partition coefficient (Wildman–Crippen LogP) is 2.40. The van der Waals surface area contributed by atoms with E-state index in [9.17, 15) is 34.8 Å². The SMILES string of the molecule is Cc1ccc(-c2cc(N(C)C)c3c(c2O)C(O)=C2C(=O)CC(=O)/C(C(N)=O)=C(/O)[C@@H](N(C)C)[C@@H](O)C[C@@H]2C3)cc1. The summed E-state index contributed by atoms with van der Waals surface area (Å²) in [7, 11) is 6.76. The molecule has 0 spiro atoms. The Balaban J connectivity index is 1.97. The van der Waals surface area contributed by atoms with Gasteiger partial charge in [-0.1, -0.05) is 29.8 Å². The van der Waals surface area contributed by atoms with Crippen LogP contribution in [0.4, 0.5) is 5.69 Å². The number of carbonyl (C=O) groups is 3. The van der Waals surface area contributed by atoms with Crippen LogP contribution in [0.15, 0.2) is 47.2 Å². The van der Waals surface area contributed by atoms with Gasteiger partial charge in [0.15, 0.2) is 11.6 Å². The van der Waals surface area contributed by atoms with Gasteiger partial charge in [0.25, 0.3) is 5.91 Å². The Morgan fingerprint density at radius 1 is 1.00 bits per heavy atom. The first-order chi connectivity index (χ1) is 18.7. The Morgan fingerprint density at radius 2 is 1.62 bits per heavy atom. The first-order valence-corrected chi connectivity index (χ1v) is 12.9. The molecule has 0 bridgehead atoms. The minimum absolute atomic E-state index is 0.0815. The summed E-state index contributed by atoms with van der Waals surface area (Å²) < 4.78 is 0. The van der Waals surface area contributed by atoms with Crippen LogP contribution in [-0.2, 0) is 20.8 Å². The van der Waals surface area contributed by atoms with E-state index in [1.165, 1.54) is 4.90 Å². The molecule has 2 aliphatic carbocycles. The summed E-state index contributed by atoms with van der Waals surface area (Å²) >= 11 is 0. The minimum atomic E-state index is -1.35. The fourth-order valence-electron chi connectivity index (χ4n) is 5.82. The lowest BCUT2D eigenvalue weighted by Gasteiger charge is -2.36. The fraction of sp³-hybridized carbons (Fsp3) is 0.367. The monoisotopic (exact) mass is 549 g/mol. The molecule has 0 aromatic heterocycles. The molecule has 2 aromatic rings. The molecule has 4 rings (SSSR count). The number of nitrogens with two attached hydrogens (primary N) is 1. The lowest BCUT2D eigenvalue weighted by Crippen LogP contribution is -2.45. The van der Waals surface area contributed by atoms with E-state index in [1.807, 2.05) is 56.3 Å². The third-order valence-electron chi connectivity index (χ3n) is 7.71. The highest BCUT2D eigenvalue weighted by Crippen LogP contribution is 2.49. The number of rotatable bonds is 4. The summed E-state index contributed by atoms with van der Waals surface area (Å²) in [5.41, 5.74) is 8.05. The maximum atomic E-state index is 13.5. The minimum Gasteiger partial charge on any atom is -0.510 e. The zero-order chi connectivity index (χ0) is 29.6. The molecule has 2 aromatic carbocycles. The van der Waals surface area contributed by atoms with Crippen molar-refractivity contribution in [2.45, 2.75) is 38.3 Å². The number of ketones is 2. The number of hydrogen-bond donors (Lipinski definition) is 5. The van der Waals surface area contributed by atoms with Gasteiger partial charge in [0.1, 0.15) is 22.8 Å². The van der Waals surface area contributed by atoms with Crippen molar-refractivity contribution < 1.29 is 34.8 Å². The molecule has 0 radical (unpaired) electrons. The number of aryl methyl sites for hydroxylation is 1. The average Bonchev–Trinajstić information content (AvgIpc) is 2.83. The Kier molecular flexibility index (Phi) is 7.78. The molecule has 10 heteroatoms. The Bertz CT molecular complexity index is 1450. The highest BCUT2D eigenvalue weighted by molar-refractivity contribution is 6.25. The molecule has 212 valence electrons. The average molecular weight is 550 g/mol. The first kappa shape index (κ1) is 28.8. The van der Waals surface area contributed by atoms with Crippen molar-refractivity contribution in [3.8, 4) is 16.9 Å². The lowest BCUT2D eigenvalue weighted by molar-refractivity contribution is -0.125. The van der Waals surface area contributed by atoms with E-state index in [1.54, 1.807) is 14.1 Å². The van der Waals surface area contributed by atoms with Crippen LogP contribution >= 0.6 is 0 Å². The van der Waals surface area contributed by atoms with Crippen LogP contribution in [0.3, 0.4) is 0 Å². The van der Waals surface area contributed by atoms with Gasteiger partial charge in [-0.15, -0.1) is 0 Å². The van der Waals surface area contributed by atoms with Crippen molar-refractivity contribution >= 4 is 28.9 Å². The van der Waals surface area contributed by atoms with Gasteiger partial charge in [0.2, 0.25) is 0 Å². The van der Waals surface area contributed by atoms with Gasteiger partial charge in [-0.25, -0.2) is 0 Å². The molecule has 3 atom stereocenters. The number of aromatic hydroxyl groups is 1. The third kappa shape index (κ3) is 4.96. The van der Waals surface area contributed by atoms with Crippen LogP contribution in [0, 0.1) is 12.8 Å². The molecule has 2 aliphatic rings. The molecule has 40 heavy (non-hydrogen) atoms. The zero-order valence-electron chi connectivity index (χ0n) is 23.2. The van der Waals surface area contributed by atoms with Gasteiger partial charge >= 0.3 is 0 Å². The topological polar surface area (TPSA) is 165 Å². The van der Waals surface area contributed by atoms with Crippen LogP contribution in [0.1, 0.15) is 29.5 Å². The number of Topliss-reactive ketones (excluding diaryl/α,β-unsaturated/α-hetero) is 2. The van der Waals surface area contributed by atoms with Gasteiger partial charge in [-0.2, -0.15) is 0 Å². The van der Waals surface area contributed by atoms with Gasteiger partial charge in [0, 0.05) is 30.9 Å². The van der Waals surface area contributed by atoms with Crippen LogP contribution in [0.2, 0.25) is 0 Å². The number of benzene rings is 2. The Hall–Kier alpha value is -4.15. The predicted molar refractivity (Wildman–Crippen MR) is 151 cm³/mol. The molecule has 10 nitrogen and oxygen atoms in total. The number of fused-ring (bicyclic) bond motifs is 2. The van der Waals surface area contributed by atoms with Crippen molar-refractivity contribution in [1.82, 2.24) is 4.90 Å². The lowest BCUT2D eigenvalue weighted by atomic mass is 9.73. The van der Waals surface area contributed by atoms with E-state index in [-0.39, 0.29) is 29.7 Å². The quantitative estimate of drug-likeness (QED) is 0.284. The summed E-state index contributed by atoms with van der Waals surface area (Å²) in [5, 5.41) is 45.2. The highest BCUT2D eigenvalue weighted by atomic mass is 16.3. The summed E-state index contributed by atoms with van der Waals surface area (Å²) in [6.07, 6.45) is -2.11. The normalized spacial score (nSPS) is 23.6. The molecular formula is C30H35N3O7. The van der Waals surface area contributed by atoms with E-state index in [4.69, 9.17) is 5.73 Å². The number of anilines is 1. The maximum absolute atomic E-state index is 13.5. The van der Waals surface area contributed by atoms with Gasteiger partial charge in [-0.3, -0.25) is 19.3 Å². The molecule has 1 amide bonds. The number of primary amides is 1. The molecule has 0 heterocycles. The smallest absolute Gasteiger partial charge is 0.255 e. The van der Waals surface area contributed by atoms with E-state index >= 15 is 0 Å². The van der Waals surface area contributed by atoms with E-state index in [0.29, 0.717) is 22.4 Å². The van der Waals surface area contributed by atoms with Gasteiger partial charge < -0.3 is 31.1 Å². The molecule has 0 fully saturated rings. The van der Waals surface area contributed by atoms with E-state index in [2.05, 4.69) is 0 Å². The molecule has 0 saturated carbocycles. The van der Waals surface area contributed by atoms with Crippen LogP contribution in [-0.4, -0.2) is 83.1 Å². The number of phenolic OH excluding ortho intramolecular Hbond substituents is 1. The maximum Gasteiger partial charge on any atom is 0.255 e. The standard InChI is InChI=1S/C30H35N3O7/c1-14-6-8-15(9-7-14)17-12-19(32(2)3)18-10-16-11-22(36)26(33(4)5)29(39)25(30(31)40)21(35)13-20(34)23(16)28(38)24(18)27(17)37/h6-9,12,16,22,26,36-39H,10-11,13H2,1-5H3,(H2,31,40)/b29-25-/t16-,22-,26-/m0/s1. The number of hydrogen-bond acceptors (Lipinski definition) is 9. The first-order valence-electron chi connectivity index (χ1n) is 12.9. The van der Waals surface area contributed by atoms with Crippen LogP contribution < -0.4 is 10.6 Å². The fourth-order valence-corrected chi connectivity index (χ4v) is 5.82. The number of likely N-dealkylation sites (N-methyl/N-ethyl adjacent to an activating group) is 1. The summed E-state index contributed by atoms with van der Waals surface area (Å²) in [6.45, 7) is 1.94. The van der Waals surface area contributed by atoms with Crippen molar-refractivity contribution in [2.75, 3.05) is 33.1 Å². The Labute approximate surface area is 232 Å². The number of phenols is 1. The van der Waals surface area contributed by atoms with Gasteiger partial charge in [0.05, 0.1) is 24.1 Å². The second kappa shape index (κ2) is 10.8. The number of nitrogens with zero attached hydrogens (tertiary/aromatic N) is 2. The van der Waals surface area contributed by atoms with Crippen LogP contribution in [0.25, 0.3) is 16.9 Å². The van der Waals surface area contributed by atoms with Crippen molar-refractivity contribution in [3.63, 3.8) is 0 Å². The molecule has 6 N–H and O–H groups in total. The molecule has 0 saturated heterocycles. The zero-order valence-corrected chi connectivity index (χ0v) is 23.2. The van der Waals surface area contributed by atoms with Crippen molar-refractivity contribution in [2.24, 2.45) is 11.7 Å². The van der Waals surface area contributed by atoms with Crippen LogP contribution in [0.5, 0.6) is 5.75 Å². The Morgan fingerprint density at radius 3 is 2.17 bits per heavy atom. The summed E-state index contributed by atoms with van der Waals surface area (Å²) in [6, 6.07) is 8.14. The van der Waals surface area contributed by atoms with Crippen molar-refractivity contribution in [1.29, 1.82) is 0 Å². The second-order valence-corrected chi connectivity index (χ2v) is 10.9. The van der Waals surface area contributed by atoms with Crippen molar-refractivity contribution in [3.05, 3.63) is 63.9 Å². The molecular weight excluding hydrogens is 514 g/mol. The number of carbonyl (C=O) groups excluding carboxylic acids is 3. The number of allylic oxidation sites excluding steroid dienone is 1. The summed E-state index contributed by atoms with van der Waals surface area (Å²) in [5.74, 6) is -5.19. The number of aliphatic hydroxyl groups excluding tert-OH is 3. The molecule has 0 aliphatic heterocycles. The van der Waals surface area contributed by atoms with E-state index in [0.717, 1.165) is 5.56 Å². The second-order valence-electron chi connectivity index (χ2n) is 10.9. The van der Waals surface area contributed by atoms with E-state index < -0.39 is 59.0 Å². The highest BCUT2D eigenvalue weighted by Gasteiger charge is 2.42.